The Morgan fingerprint density at radius 3 is 2.50 bits per heavy atom. The molecule has 2 heterocycles. The third kappa shape index (κ3) is 3.83. The summed E-state index contributed by atoms with van der Waals surface area (Å²) in [6.07, 6.45) is 20.9. The van der Waals surface area contributed by atoms with Gasteiger partial charge in [0.1, 0.15) is 0 Å². The molecular formula is C38H42N2. The van der Waals surface area contributed by atoms with Gasteiger partial charge in [0.15, 0.2) is 0 Å². The molecule has 3 aliphatic carbocycles. The summed E-state index contributed by atoms with van der Waals surface area (Å²) < 4.78 is 2.59. The van der Waals surface area contributed by atoms with Gasteiger partial charge in [0.25, 0.3) is 0 Å². The Hall–Kier alpha value is -3.52. The summed E-state index contributed by atoms with van der Waals surface area (Å²) >= 11 is 0. The van der Waals surface area contributed by atoms with E-state index in [9.17, 15) is 0 Å². The predicted molar refractivity (Wildman–Crippen MR) is 172 cm³/mol. The van der Waals surface area contributed by atoms with Crippen LogP contribution in [0.2, 0.25) is 0 Å². The molecule has 0 spiro atoms. The van der Waals surface area contributed by atoms with Crippen molar-refractivity contribution in [3.8, 4) is 0 Å². The smallest absolute Gasteiger partial charge is 0.0578 e. The summed E-state index contributed by atoms with van der Waals surface area (Å²) in [6.45, 7) is 14.1. The van der Waals surface area contributed by atoms with Gasteiger partial charge in [-0.2, -0.15) is 0 Å². The molecule has 3 aromatic rings. The van der Waals surface area contributed by atoms with Gasteiger partial charge in [0, 0.05) is 33.6 Å². The molecule has 40 heavy (non-hydrogen) atoms. The number of fused-ring (bicyclic) bond motifs is 4. The van der Waals surface area contributed by atoms with E-state index in [1.165, 1.54) is 50.4 Å². The molecule has 0 amide bonds. The van der Waals surface area contributed by atoms with Gasteiger partial charge in [-0.05, 0) is 89.6 Å². The second kappa shape index (κ2) is 8.99. The molecule has 0 bridgehead atoms. The Morgan fingerprint density at radius 2 is 1.75 bits per heavy atom. The average Bonchev–Trinajstić information content (AvgIpc) is 3.26. The van der Waals surface area contributed by atoms with E-state index in [-0.39, 0.29) is 16.9 Å². The van der Waals surface area contributed by atoms with Gasteiger partial charge in [0.05, 0.1) is 11.6 Å². The molecule has 4 aliphatic rings. The topological polar surface area (TPSA) is 8.17 Å². The standard InChI is InChI=1S/C38H42N2/c1-25-11-9-12-28(23-25)39(27-19-17-26(18-20-27)37(2,3)4)29-21-22-34-31(24-29)30-13-10-15-33-36(30)40(34)35-16-8-7-14-32(35)38(33,5)6/h8-13,15-22,25,29H,7,14,23-24H2,1-6H3. The van der Waals surface area contributed by atoms with Crippen LogP contribution in [0, 0.1) is 5.92 Å². The highest BCUT2D eigenvalue weighted by Crippen LogP contribution is 2.50. The number of hydrogen-bond donors (Lipinski definition) is 0. The average molecular weight is 527 g/mol. The van der Waals surface area contributed by atoms with Gasteiger partial charge in [-0.15, -0.1) is 0 Å². The number of allylic oxidation sites excluding steroid dienone is 8. The predicted octanol–water partition coefficient (Wildman–Crippen LogP) is 9.72. The zero-order valence-corrected chi connectivity index (χ0v) is 25.0. The molecular weight excluding hydrogens is 484 g/mol. The maximum Gasteiger partial charge on any atom is 0.0578 e. The molecule has 2 heteroatoms. The molecule has 1 aliphatic heterocycles. The maximum absolute atomic E-state index is 2.62. The lowest BCUT2D eigenvalue weighted by molar-refractivity contribution is 0.583. The Kier molecular flexibility index (Phi) is 5.72. The molecule has 2 unspecified atom stereocenters. The lowest BCUT2D eigenvalue weighted by Gasteiger charge is -2.38. The summed E-state index contributed by atoms with van der Waals surface area (Å²) in [5.74, 6) is 0.545. The van der Waals surface area contributed by atoms with Crippen molar-refractivity contribution in [1.82, 2.24) is 4.57 Å². The Balaban J connectivity index is 1.37. The molecule has 0 saturated carbocycles. The van der Waals surface area contributed by atoms with E-state index < -0.39 is 0 Å². The summed E-state index contributed by atoms with van der Waals surface area (Å²) in [6, 6.07) is 16.6. The van der Waals surface area contributed by atoms with Crippen molar-refractivity contribution in [3.63, 3.8) is 0 Å². The molecule has 2 aromatic carbocycles. The lowest BCUT2D eigenvalue weighted by Crippen LogP contribution is -2.37. The van der Waals surface area contributed by atoms with Crippen molar-refractivity contribution in [2.75, 3.05) is 4.90 Å². The monoisotopic (exact) mass is 526 g/mol. The molecule has 7 rings (SSSR count). The third-order valence-corrected chi connectivity index (χ3v) is 9.75. The largest absolute Gasteiger partial charge is 0.338 e. The molecule has 204 valence electrons. The Morgan fingerprint density at radius 1 is 0.950 bits per heavy atom. The van der Waals surface area contributed by atoms with E-state index in [0.29, 0.717) is 5.92 Å². The fraction of sp³-hybridized carbons (Fsp3) is 0.368. The van der Waals surface area contributed by atoms with Gasteiger partial charge in [-0.1, -0.05) is 96.2 Å². The summed E-state index contributed by atoms with van der Waals surface area (Å²) in [7, 11) is 0. The number of aromatic nitrogens is 1. The Bertz CT molecular complexity index is 1660. The van der Waals surface area contributed by atoms with Crippen molar-refractivity contribution < 1.29 is 0 Å². The normalized spacial score (nSPS) is 22.8. The highest BCUT2D eigenvalue weighted by molar-refractivity contribution is 5.98. The zero-order chi connectivity index (χ0) is 27.8. The van der Waals surface area contributed by atoms with Crippen LogP contribution in [0.4, 0.5) is 5.69 Å². The summed E-state index contributed by atoms with van der Waals surface area (Å²) in [5, 5.41) is 1.43. The van der Waals surface area contributed by atoms with E-state index in [4.69, 9.17) is 0 Å². The number of hydrogen-bond acceptors (Lipinski definition) is 1. The first-order chi connectivity index (χ1) is 19.1. The number of rotatable bonds is 3. The number of nitrogens with zero attached hydrogens (tertiary/aromatic N) is 2. The van der Waals surface area contributed by atoms with E-state index in [0.717, 1.165) is 25.7 Å². The van der Waals surface area contributed by atoms with Gasteiger partial charge in [0.2, 0.25) is 0 Å². The summed E-state index contributed by atoms with van der Waals surface area (Å²) in [4.78, 5) is 2.62. The van der Waals surface area contributed by atoms with Gasteiger partial charge >= 0.3 is 0 Å². The number of para-hydroxylation sites is 1. The number of benzene rings is 2. The minimum atomic E-state index is 0.0515. The first-order valence-electron chi connectivity index (χ1n) is 15.2. The first kappa shape index (κ1) is 25.4. The molecule has 0 radical (unpaired) electrons. The van der Waals surface area contributed by atoms with Crippen LogP contribution in [0.5, 0.6) is 0 Å². The van der Waals surface area contributed by atoms with Crippen molar-refractivity contribution in [1.29, 1.82) is 0 Å². The number of anilines is 1. The zero-order valence-electron chi connectivity index (χ0n) is 25.0. The van der Waals surface area contributed by atoms with Gasteiger partial charge in [-0.3, -0.25) is 0 Å². The highest BCUT2D eigenvalue weighted by atomic mass is 15.2. The minimum absolute atomic E-state index is 0.0515. The summed E-state index contributed by atoms with van der Waals surface area (Å²) in [5.41, 5.74) is 13.0. The molecule has 1 aromatic heterocycles. The fourth-order valence-corrected chi connectivity index (χ4v) is 7.57. The minimum Gasteiger partial charge on any atom is -0.338 e. The Labute approximate surface area is 240 Å². The molecule has 2 nitrogen and oxygen atoms in total. The lowest BCUT2D eigenvalue weighted by atomic mass is 9.71. The van der Waals surface area contributed by atoms with E-state index >= 15 is 0 Å². The molecule has 0 fully saturated rings. The quantitative estimate of drug-likeness (QED) is 0.330. The van der Waals surface area contributed by atoms with Crippen molar-refractivity contribution in [3.05, 3.63) is 113 Å². The van der Waals surface area contributed by atoms with E-state index in [1.807, 2.05) is 0 Å². The van der Waals surface area contributed by atoms with E-state index in [1.54, 1.807) is 5.57 Å². The second-order valence-electron chi connectivity index (χ2n) is 13.9. The van der Waals surface area contributed by atoms with Gasteiger partial charge < -0.3 is 9.47 Å². The van der Waals surface area contributed by atoms with Crippen LogP contribution >= 0.6 is 0 Å². The van der Waals surface area contributed by atoms with E-state index in [2.05, 4.69) is 136 Å². The third-order valence-electron chi connectivity index (χ3n) is 9.75. The van der Waals surface area contributed by atoms with Crippen LogP contribution in [0.15, 0.2) is 90.2 Å². The van der Waals surface area contributed by atoms with Crippen LogP contribution in [0.3, 0.4) is 0 Å². The fourth-order valence-electron chi connectivity index (χ4n) is 7.57. The van der Waals surface area contributed by atoms with Crippen LogP contribution in [-0.4, -0.2) is 10.6 Å². The van der Waals surface area contributed by atoms with Crippen molar-refractivity contribution >= 4 is 28.4 Å². The van der Waals surface area contributed by atoms with Crippen LogP contribution < -0.4 is 4.90 Å². The molecule has 2 atom stereocenters. The first-order valence-corrected chi connectivity index (χ1v) is 15.2. The molecule has 0 saturated heterocycles. The van der Waals surface area contributed by atoms with Crippen molar-refractivity contribution in [2.45, 2.75) is 84.1 Å². The highest BCUT2D eigenvalue weighted by Gasteiger charge is 2.38. The van der Waals surface area contributed by atoms with Crippen LogP contribution in [0.25, 0.3) is 22.7 Å². The molecule has 0 N–H and O–H groups in total. The maximum atomic E-state index is 2.62. The second-order valence-corrected chi connectivity index (χ2v) is 13.9. The SMILES string of the molecule is CC1C=CC=C(N(c2ccc(C(C)(C)C)cc2)C2C=Cc3c(c4cccc5c4n3C3=C(CCC=C3)C5(C)C)C2)C1. The van der Waals surface area contributed by atoms with Crippen molar-refractivity contribution in [2.24, 2.45) is 5.92 Å². The van der Waals surface area contributed by atoms with Crippen LogP contribution in [-0.2, 0) is 17.3 Å². The van der Waals surface area contributed by atoms with Gasteiger partial charge in [-0.25, -0.2) is 0 Å². The van der Waals surface area contributed by atoms with Crippen LogP contribution in [0.1, 0.15) is 83.2 Å².